The van der Waals surface area contributed by atoms with Crippen molar-refractivity contribution in [2.75, 3.05) is 11.9 Å². The van der Waals surface area contributed by atoms with Gasteiger partial charge in [0, 0.05) is 12.7 Å². The van der Waals surface area contributed by atoms with Crippen LogP contribution in [0.2, 0.25) is 0 Å². The highest BCUT2D eigenvalue weighted by molar-refractivity contribution is 5.65. The molecule has 0 bridgehead atoms. The van der Waals surface area contributed by atoms with E-state index in [0.717, 1.165) is 17.3 Å². The van der Waals surface area contributed by atoms with Gasteiger partial charge in [0.05, 0.1) is 5.69 Å². The van der Waals surface area contributed by atoms with E-state index in [2.05, 4.69) is 0 Å². The summed E-state index contributed by atoms with van der Waals surface area (Å²) in [4.78, 5) is 1.65. The minimum absolute atomic E-state index is 0.235. The van der Waals surface area contributed by atoms with Crippen LogP contribution in [0.4, 0.5) is 20.2 Å². The van der Waals surface area contributed by atoms with Gasteiger partial charge in [-0.3, -0.25) is 0 Å². The minimum atomic E-state index is -0.831. The van der Waals surface area contributed by atoms with Crippen molar-refractivity contribution in [1.82, 2.24) is 0 Å². The quantitative estimate of drug-likeness (QED) is 0.756. The van der Waals surface area contributed by atoms with Crippen molar-refractivity contribution in [3.63, 3.8) is 0 Å². The van der Waals surface area contributed by atoms with Gasteiger partial charge in [-0.2, -0.15) is 0 Å². The maximum atomic E-state index is 13.7. The molecule has 0 unspecified atom stereocenters. The third-order valence-corrected chi connectivity index (χ3v) is 2.77. The first kappa shape index (κ1) is 11.6. The lowest BCUT2D eigenvalue weighted by Gasteiger charge is -2.22. The van der Waals surface area contributed by atoms with Gasteiger partial charge in [0.15, 0.2) is 11.6 Å². The lowest BCUT2D eigenvalue weighted by molar-refractivity contribution is 0.509. The molecule has 3 heteroatoms. The second kappa shape index (κ2) is 4.53. The van der Waals surface area contributed by atoms with Crippen LogP contribution in [0.15, 0.2) is 42.5 Å². The maximum absolute atomic E-state index is 13.7. The van der Waals surface area contributed by atoms with Crippen LogP contribution in [0.5, 0.6) is 0 Å². The van der Waals surface area contributed by atoms with Crippen molar-refractivity contribution < 1.29 is 8.78 Å². The lowest BCUT2D eigenvalue weighted by Crippen LogP contribution is -2.13. The number of para-hydroxylation sites is 1. The number of aryl methyl sites for hydroxylation is 1. The Morgan fingerprint density at radius 1 is 0.882 bits per heavy atom. The second-order valence-corrected chi connectivity index (χ2v) is 3.92. The molecule has 0 aromatic heterocycles. The molecule has 2 aromatic carbocycles. The van der Waals surface area contributed by atoms with Gasteiger partial charge >= 0.3 is 0 Å². The van der Waals surface area contributed by atoms with Gasteiger partial charge in [-0.05, 0) is 30.7 Å². The summed E-state index contributed by atoms with van der Waals surface area (Å²) >= 11 is 0. The molecule has 0 aliphatic carbocycles. The maximum Gasteiger partial charge on any atom is 0.182 e. The Balaban J connectivity index is 2.48. The molecule has 0 saturated heterocycles. The zero-order valence-electron chi connectivity index (χ0n) is 9.74. The Labute approximate surface area is 99.3 Å². The van der Waals surface area contributed by atoms with Gasteiger partial charge < -0.3 is 4.90 Å². The number of hydrogen-bond donors (Lipinski definition) is 0. The predicted octanol–water partition coefficient (Wildman–Crippen LogP) is 4.04. The van der Waals surface area contributed by atoms with Gasteiger partial charge in [0.25, 0.3) is 0 Å². The Hall–Kier alpha value is -1.90. The average molecular weight is 233 g/mol. The largest absolute Gasteiger partial charge is 0.342 e. The molecule has 0 spiro atoms. The Morgan fingerprint density at radius 2 is 1.53 bits per heavy atom. The zero-order valence-corrected chi connectivity index (χ0v) is 9.74. The summed E-state index contributed by atoms with van der Waals surface area (Å²) < 4.78 is 26.8. The fourth-order valence-corrected chi connectivity index (χ4v) is 1.82. The van der Waals surface area contributed by atoms with E-state index in [0.29, 0.717) is 0 Å². The van der Waals surface area contributed by atoms with Crippen molar-refractivity contribution in [3.05, 3.63) is 59.7 Å². The Kier molecular flexibility index (Phi) is 3.09. The summed E-state index contributed by atoms with van der Waals surface area (Å²) in [6, 6.07) is 11.8. The number of anilines is 2. The van der Waals surface area contributed by atoms with Crippen molar-refractivity contribution in [2.24, 2.45) is 0 Å². The van der Waals surface area contributed by atoms with Crippen LogP contribution in [0.3, 0.4) is 0 Å². The minimum Gasteiger partial charge on any atom is -0.342 e. The van der Waals surface area contributed by atoms with Gasteiger partial charge in [0.1, 0.15) is 0 Å². The molecule has 0 radical (unpaired) electrons. The van der Waals surface area contributed by atoms with Crippen molar-refractivity contribution in [1.29, 1.82) is 0 Å². The lowest BCUT2D eigenvalue weighted by atomic mass is 10.1. The van der Waals surface area contributed by atoms with Crippen LogP contribution < -0.4 is 4.90 Å². The first-order chi connectivity index (χ1) is 8.11. The van der Waals surface area contributed by atoms with Crippen LogP contribution in [0.1, 0.15) is 5.56 Å². The van der Waals surface area contributed by atoms with E-state index in [1.54, 1.807) is 18.0 Å². The molecular formula is C14H13F2N. The number of halogens is 2. The highest BCUT2D eigenvalue weighted by Crippen LogP contribution is 2.29. The smallest absolute Gasteiger partial charge is 0.182 e. The van der Waals surface area contributed by atoms with Crippen LogP contribution in [0, 0.1) is 18.6 Å². The molecule has 0 fully saturated rings. The second-order valence-electron chi connectivity index (χ2n) is 3.92. The molecule has 2 rings (SSSR count). The molecule has 0 saturated carbocycles. The molecule has 0 amide bonds. The van der Waals surface area contributed by atoms with Crippen LogP contribution in [-0.4, -0.2) is 7.05 Å². The average Bonchev–Trinajstić information content (AvgIpc) is 2.32. The van der Waals surface area contributed by atoms with E-state index < -0.39 is 11.6 Å². The SMILES string of the molecule is Cc1ccccc1N(C)c1cccc(F)c1F. The molecule has 0 heterocycles. The third-order valence-electron chi connectivity index (χ3n) is 2.77. The molecule has 0 N–H and O–H groups in total. The van der Waals surface area contributed by atoms with Crippen molar-refractivity contribution in [3.8, 4) is 0 Å². The third kappa shape index (κ3) is 2.13. The van der Waals surface area contributed by atoms with Gasteiger partial charge in [-0.1, -0.05) is 24.3 Å². The highest BCUT2D eigenvalue weighted by Gasteiger charge is 2.13. The summed E-state index contributed by atoms with van der Waals surface area (Å²) in [5, 5.41) is 0. The van der Waals surface area contributed by atoms with Crippen LogP contribution in [0.25, 0.3) is 0 Å². The molecule has 0 atom stereocenters. The van der Waals surface area contributed by atoms with E-state index in [-0.39, 0.29) is 5.69 Å². The number of hydrogen-bond acceptors (Lipinski definition) is 1. The standard InChI is InChI=1S/C14H13F2N/c1-10-6-3-4-8-12(10)17(2)13-9-5-7-11(15)14(13)16/h3-9H,1-2H3. The van der Waals surface area contributed by atoms with Gasteiger partial charge in [-0.25, -0.2) is 8.78 Å². The number of rotatable bonds is 2. The molecule has 2 aromatic rings. The van der Waals surface area contributed by atoms with E-state index in [1.165, 1.54) is 6.07 Å². The summed E-state index contributed by atoms with van der Waals surface area (Å²) in [6.45, 7) is 1.93. The molecule has 0 aliphatic heterocycles. The number of benzene rings is 2. The zero-order chi connectivity index (χ0) is 12.4. The van der Waals surface area contributed by atoms with Crippen molar-refractivity contribution in [2.45, 2.75) is 6.92 Å². The summed E-state index contributed by atoms with van der Waals surface area (Å²) in [5.74, 6) is -1.65. The van der Waals surface area contributed by atoms with E-state index >= 15 is 0 Å². The number of nitrogens with zero attached hydrogens (tertiary/aromatic N) is 1. The first-order valence-corrected chi connectivity index (χ1v) is 5.34. The molecule has 88 valence electrons. The summed E-state index contributed by atoms with van der Waals surface area (Å²) in [7, 11) is 1.72. The first-order valence-electron chi connectivity index (χ1n) is 5.34. The monoisotopic (exact) mass is 233 g/mol. The van der Waals surface area contributed by atoms with E-state index in [4.69, 9.17) is 0 Å². The fourth-order valence-electron chi connectivity index (χ4n) is 1.82. The molecular weight excluding hydrogens is 220 g/mol. The molecule has 1 nitrogen and oxygen atoms in total. The molecule has 0 aliphatic rings. The van der Waals surface area contributed by atoms with Crippen LogP contribution in [-0.2, 0) is 0 Å². The molecule has 17 heavy (non-hydrogen) atoms. The van der Waals surface area contributed by atoms with E-state index in [1.807, 2.05) is 31.2 Å². The van der Waals surface area contributed by atoms with Gasteiger partial charge in [0.2, 0.25) is 0 Å². The Bertz CT molecular complexity index is 537. The van der Waals surface area contributed by atoms with Crippen molar-refractivity contribution >= 4 is 11.4 Å². The summed E-state index contributed by atoms with van der Waals surface area (Å²) in [6.07, 6.45) is 0. The highest BCUT2D eigenvalue weighted by atomic mass is 19.2. The van der Waals surface area contributed by atoms with Gasteiger partial charge in [-0.15, -0.1) is 0 Å². The predicted molar refractivity (Wildman–Crippen MR) is 65.6 cm³/mol. The summed E-state index contributed by atoms with van der Waals surface area (Å²) in [5.41, 5.74) is 2.11. The fraction of sp³-hybridized carbons (Fsp3) is 0.143. The normalized spacial score (nSPS) is 10.4. The Morgan fingerprint density at radius 3 is 2.24 bits per heavy atom. The van der Waals surface area contributed by atoms with Crippen LogP contribution >= 0.6 is 0 Å². The van der Waals surface area contributed by atoms with E-state index in [9.17, 15) is 8.78 Å². The topological polar surface area (TPSA) is 3.24 Å².